The van der Waals surface area contributed by atoms with Crippen LogP contribution in [0.5, 0.6) is 0 Å². The normalized spacial score (nSPS) is 11.6. The molecule has 1 aromatic heterocycles. The summed E-state index contributed by atoms with van der Waals surface area (Å²) in [4.78, 5) is 17.0. The van der Waals surface area contributed by atoms with Crippen molar-refractivity contribution in [1.29, 1.82) is 5.26 Å². The Morgan fingerprint density at radius 1 is 1.26 bits per heavy atom. The zero-order valence-corrected chi connectivity index (χ0v) is 16.2. The molecule has 0 saturated carbocycles. The number of carbonyl (C=O) groups excluding carboxylic acids is 1. The Kier molecular flexibility index (Phi) is 5.63. The van der Waals surface area contributed by atoms with Gasteiger partial charge < -0.3 is 5.32 Å². The summed E-state index contributed by atoms with van der Waals surface area (Å²) in [5.41, 5.74) is 4.36. The van der Waals surface area contributed by atoms with E-state index in [1.54, 1.807) is 30.5 Å². The predicted molar refractivity (Wildman–Crippen MR) is 108 cm³/mol. The number of rotatable bonds is 5. The Morgan fingerprint density at radius 3 is 2.78 bits per heavy atom. The number of para-hydroxylation sites is 1. The molecule has 0 aliphatic heterocycles. The minimum Gasteiger partial charge on any atom is -0.324 e. The Labute approximate surface area is 163 Å². The molecular weight excluding hydrogens is 356 g/mol. The monoisotopic (exact) mass is 376 g/mol. The fourth-order valence-corrected chi connectivity index (χ4v) is 3.65. The number of aromatic nitrogens is 2. The van der Waals surface area contributed by atoms with Crippen molar-refractivity contribution in [2.24, 2.45) is 0 Å². The smallest absolute Gasteiger partial charge is 0.237 e. The van der Waals surface area contributed by atoms with Crippen LogP contribution in [0.15, 0.2) is 60.0 Å². The van der Waals surface area contributed by atoms with Gasteiger partial charge in [-0.25, -0.2) is 4.98 Å². The van der Waals surface area contributed by atoms with Crippen molar-refractivity contribution >= 4 is 23.4 Å². The number of aryl methyl sites for hydroxylation is 2. The fraction of sp³-hybridized carbons (Fsp3) is 0.190. The maximum atomic E-state index is 12.6. The molecule has 0 bridgehead atoms. The highest BCUT2D eigenvalue weighted by molar-refractivity contribution is 8.00. The number of carbonyl (C=O) groups is 1. The largest absolute Gasteiger partial charge is 0.324 e. The van der Waals surface area contributed by atoms with Gasteiger partial charge in [0, 0.05) is 12.4 Å². The van der Waals surface area contributed by atoms with Crippen LogP contribution in [-0.4, -0.2) is 20.7 Å². The standard InChI is InChI=1S/C21H20N4OS/c1-14-8-9-19(15(2)12-14)25-11-10-23-21(25)27-16(3)20(26)24-18-7-5-4-6-17(18)13-22/h4-12,16H,1-3H3,(H,24,26)/t16-/m1/s1. The van der Waals surface area contributed by atoms with Gasteiger partial charge in [-0.2, -0.15) is 5.26 Å². The van der Waals surface area contributed by atoms with Gasteiger partial charge in [0.15, 0.2) is 5.16 Å². The second-order valence-corrected chi connectivity index (χ2v) is 7.58. The summed E-state index contributed by atoms with van der Waals surface area (Å²) < 4.78 is 1.99. The van der Waals surface area contributed by atoms with E-state index in [9.17, 15) is 4.79 Å². The van der Waals surface area contributed by atoms with E-state index in [0.717, 1.165) is 16.4 Å². The highest BCUT2D eigenvalue weighted by atomic mass is 32.2. The molecular formula is C21H20N4OS. The first kappa shape index (κ1) is 18.7. The molecule has 2 aromatic carbocycles. The van der Waals surface area contributed by atoms with E-state index in [-0.39, 0.29) is 11.2 Å². The zero-order chi connectivity index (χ0) is 19.4. The Hall–Kier alpha value is -3.04. The van der Waals surface area contributed by atoms with Crippen LogP contribution in [-0.2, 0) is 4.79 Å². The second kappa shape index (κ2) is 8.11. The molecule has 0 spiro atoms. The van der Waals surface area contributed by atoms with E-state index in [1.807, 2.05) is 17.7 Å². The van der Waals surface area contributed by atoms with Gasteiger partial charge in [-0.1, -0.05) is 41.6 Å². The van der Waals surface area contributed by atoms with Crippen LogP contribution in [0.1, 0.15) is 23.6 Å². The average Bonchev–Trinajstić information content (AvgIpc) is 3.10. The van der Waals surface area contributed by atoms with Crippen molar-refractivity contribution < 1.29 is 4.79 Å². The van der Waals surface area contributed by atoms with Gasteiger partial charge in [-0.05, 0) is 44.5 Å². The predicted octanol–water partition coefficient (Wildman–Crippen LogP) is 4.48. The topological polar surface area (TPSA) is 70.7 Å². The first-order chi connectivity index (χ1) is 13.0. The van der Waals surface area contributed by atoms with Crippen LogP contribution in [0.2, 0.25) is 0 Å². The quantitative estimate of drug-likeness (QED) is 0.667. The molecule has 1 amide bonds. The fourth-order valence-electron chi connectivity index (χ4n) is 2.77. The maximum Gasteiger partial charge on any atom is 0.237 e. The maximum absolute atomic E-state index is 12.6. The van der Waals surface area contributed by atoms with E-state index < -0.39 is 0 Å². The van der Waals surface area contributed by atoms with Crippen molar-refractivity contribution in [2.75, 3.05) is 5.32 Å². The van der Waals surface area contributed by atoms with Crippen molar-refractivity contribution in [3.63, 3.8) is 0 Å². The Bertz CT molecular complexity index is 1020. The third-order valence-electron chi connectivity index (χ3n) is 4.18. The molecule has 0 aliphatic rings. The summed E-state index contributed by atoms with van der Waals surface area (Å²) in [5.74, 6) is -0.169. The summed E-state index contributed by atoms with van der Waals surface area (Å²) in [6.07, 6.45) is 3.63. The Morgan fingerprint density at radius 2 is 2.04 bits per heavy atom. The third-order valence-corrected chi connectivity index (χ3v) is 5.26. The number of amides is 1. The number of hydrogen-bond donors (Lipinski definition) is 1. The number of benzene rings is 2. The van der Waals surface area contributed by atoms with Gasteiger partial charge in [0.2, 0.25) is 5.91 Å². The molecule has 0 unspecified atom stereocenters. The van der Waals surface area contributed by atoms with Crippen molar-refractivity contribution in [1.82, 2.24) is 9.55 Å². The first-order valence-corrected chi connectivity index (χ1v) is 9.45. The summed E-state index contributed by atoms with van der Waals surface area (Å²) in [6, 6.07) is 15.3. The minimum absolute atomic E-state index is 0.169. The van der Waals surface area contributed by atoms with Gasteiger partial charge >= 0.3 is 0 Å². The molecule has 27 heavy (non-hydrogen) atoms. The van der Waals surface area contributed by atoms with Crippen molar-refractivity contribution in [3.05, 3.63) is 71.5 Å². The van der Waals surface area contributed by atoms with Gasteiger partial charge in [0.1, 0.15) is 6.07 Å². The highest BCUT2D eigenvalue weighted by Crippen LogP contribution is 2.27. The Balaban J connectivity index is 1.77. The molecule has 0 fully saturated rings. The van der Waals surface area contributed by atoms with E-state index in [2.05, 4.69) is 48.4 Å². The lowest BCUT2D eigenvalue weighted by Crippen LogP contribution is -2.23. The molecule has 1 heterocycles. The molecule has 0 aliphatic carbocycles. The molecule has 1 atom stereocenters. The van der Waals surface area contributed by atoms with E-state index in [0.29, 0.717) is 11.3 Å². The number of nitrogens with one attached hydrogen (secondary N) is 1. The lowest BCUT2D eigenvalue weighted by molar-refractivity contribution is -0.115. The zero-order valence-electron chi connectivity index (χ0n) is 15.4. The average molecular weight is 376 g/mol. The third kappa shape index (κ3) is 4.21. The van der Waals surface area contributed by atoms with Crippen LogP contribution >= 0.6 is 11.8 Å². The van der Waals surface area contributed by atoms with Gasteiger partial charge in [0.05, 0.1) is 22.2 Å². The number of imidazole rings is 1. The van der Waals surface area contributed by atoms with E-state index in [1.165, 1.54) is 17.3 Å². The molecule has 136 valence electrons. The molecule has 1 N–H and O–H groups in total. The second-order valence-electron chi connectivity index (χ2n) is 6.28. The van der Waals surface area contributed by atoms with Crippen LogP contribution < -0.4 is 5.32 Å². The van der Waals surface area contributed by atoms with Crippen LogP contribution in [0, 0.1) is 25.2 Å². The molecule has 6 heteroatoms. The minimum atomic E-state index is -0.372. The number of nitrogens with zero attached hydrogens (tertiary/aromatic N) is 3. The van der Waals surface area contributed by atoms with Crippen molar-refractivity contribution in [2.45, 2.75) is 31.2 Å². The molecule has 5 nitrogen and oxygen atoms in total. The van der Waals surface area contributed by atoms with Crippen molar-refractivity contribution in [3.8, 4) is 11.8 Å². The van der Waals surface area contributed by atoms with Gasteiger partial charge in [-0.15, -0.1) is 0 Å². The lowest BCUT2D eigenvalue weighted by Gasteiger charge is -2.15. The SMILES string of the molecule is Cc1ccc(-n2ccnc2S[C@H](C)C(=O)Nc2ccccc2C#N)c(C)c1. The number of hydrogen-bond acceptors (Lipinski definition) is 4. The highest BCUT2D eigenvalue weighted by Gasteiger charge is 2.19. The first-order valence-electron chi connectivity index (χ1n) is 8.57. The van der Waals surface area contributed by atoms with Gasteiger partial charge in [-0.3, -0.25) is 9.36 Å². The van der Waals surface area contributed by atoms with E-state index >= 15 is 0 Å². The lowest BCUT2D eigenvalue weighted by atomic mass is 10.1. The molecule has 0 saturated heterocycles. The number of thioether (sulfide) groups is 1. The van der Waals surface area contributed by atoms with Crippen LogP contribution in [0.3, 0.4) is 0 Å². The van der Waals surface area contributed by atoms with Crippen LogP contribution in [0.4, 0.5) is 5.69 Å². The molecule has 3 aromatic rings. The molecule has 0 radical (unpaired) electrons. The molecule has 3 rings (SSSR count). The summed E-state index contributed by atoms with van der Waals surface area (Å²) in [5, 5.41) is 12.4. The summed E-state index contributed by atoms with van der Waals surface area (Å²) >= 11 is 1.38. The summed E-state index contributed by atoms with van der Waals surface area (Å²) in [6.45, 7) is 5.95. The number of nitriles is 1. The summed E-state index contributed by atoms with van der Waals surface area (Å²) in [7, 11) is 0. The van der Waals surface area contributed by atoms with Crippen LogP contribution in [0.25, 0.3) is 5.69 Å². The van der Waals surface area contributed by atoms with Gasteiger partial charge in [0.25, 0.3) is 0 Å². The number of anilines is 1. The van der Waals surface area contributed by atoms with E-state index in [4.69, 9.17) is 5.26 Å².